The van der Waals surface area contributed by atoms with Gasteiger partial charge in [-0.2, -0.15) is 0 Å². The number of rotatable bonds is 5. The van der Waals surface area contributed by atoms with Gasteiger partial charge in [-0.05, 0) is 31.0 Å². The Hall–Kier alpha value is -0.540. The zero-order valence-corrected chi connectivity index (χ0v) is 10.8. The molecular weight excluding hydrogens is 256 g/mol. The fourth-order valence-electron chi connectivity index (χ4n) is 1.44. The molecule has 0 saturated heterocycles. The van der Waals surface area contributed by atoms with Crippen LogP contribution >= 0.6 is 15.9 Å². The summed E-state index contributed by atoms with van der Waals surface area (Å²) in [5.41, 5.74) is 1.91. The first-order valence-electron chi connectivity index (χ1n) is 5.21. The van der Waals surface area contributed by atoms with Crippen LogP contribution in [0.5, 0.6) is 5.75 Å². The van der Waals surface area contributed by atoms with E-state index in [0.29, 0.717) is 6.61 Å². The molecule has 0 atom stereocenters. The summed E-state index contributed by atoms with van der Waals surface area (Å²) in [7, 11) is 0. The quantitative estimate of drug-likeness (QED) is 0.833. The average molecular weight is 273 g/mol. The topological polar surface area (TPSA) is 29.5 Å². The van der Waals surface area contributed by atoms with E-state index < -0.39 is 0 Å². The van der Waals surface area contributed by atoms with Crippen molar-refractivity contribution in [2.75, 3.05) is 6.61 Å². The summed E-state index contributed by atoms with van der Waals surface area (Å²) < 4.78 is 6.65. The number of hydrogen-bond acceptors (Lipinski definition) is 2. The summed E-state index contributed by atoms with van der Waals surface area (Å²) in [6, 6.07) is 3.90. The van der Waals surface area contributed by atoms with E-state index in [0.717, 1.165) is 34.2 Å². The minimum absolute atomic E-state index is 0.0156. The molecule has 0 unspecified atom stereocenters. The van der Waals surface area contributed by atoms with E-state index in [2.05, 4.69) is 22.9 Å². The fraction of sp³-hybridized carbons (Fsp3) is 0.500. The molecule has 0 fully saturated rings. The van der Waals surface area contributed by atoms with Crippen molar-refractivity contribution in [1.29, 1.82) is 0 Å². The summed E-state index contributed by atoms with van der Waals surface area (Å²) in [5, 5.41) is 9.22. The SMILES string of the molecule is CCCCOc1c(C)cc(Br)cc1CO. The zero-order chi connectivity index (χ0) is 11.3. The second kappa shape index (κ2) is 6.13. The Kier molecular flexibility index (Phi) is 5.12. The highest BCUT2D eigenvalue weighted by Gasteiger charge is 2.07. The first kappa shape index (κ1) is 12.5. The number of aliphatic hydroxyl groups is 1. The maximum atomic E-state index is 9.22. The van der Waals surface area contributed by atoms with Crippen LogP contribution in [0.1, 0.15) is 30.9 Å². The standard InChI is InChI=1S/C12H17BrO2/c1-3-4-5-15-12-9(2)6-11(13)7-10(12)8-14/h6-7,14H,3-5,8H2,1-2H3. The number of unbranched alkanes of at least 4 members (excludes halogenated alkanes) is 1. The normalized spacial score (nSPS) is 10.4. The lowest BCUT2D eigenvalue weighted by molar-refractivity contribution is 0.260. The Morgan fingerprint density at radius 3 is 2.73 bits per heavy atom. The molecule has 1 N–H and O–H groups in total. The van der Waals surface area contributed by atoms with Crippen molar-refractivity contribution in [3.05, 3.63) is 27.7 Å². The van der Waals surface area contributed by atoms with E-state index >= 15 is 0 Å². The molecule has 0 aromatic heterocycles. The van der Waals surface area contributed by atoms with Crippen LogP contribution in [-0.2, 0) is 6.61 Å². The van der Waals surface area contributed by atoms with E-state index in [4.69, 9.17) is 4.74 Å². The highest BCUT2D eigenvalue weighted by atomic mass is 79.9. The van der Waals surface area contributed by atoms with Crippen molar-refractivity contribution in [3.8, 4) is 5.75 Å². The predicted molar refractivity (Wildman–Crippen MR) is 65.2 cm³/mol. The maximum Gasteiger partial charge on any atom is 0.127 e. The molecule has 1 rings (SSSR count). The van der Waals surface area contributed by atoms with Crippen molar-refractivity contribution < 1.29 is 9.84 Å². The van der Waals surface area contributed by atoms with Crippen LogP contribution in [0, 0.1) is 6.92 Å². The Morgan fingerprint density at radius 1 is 1.40 bits per heavy atom. The molecular formula is C12H17BrO2. The van der Waals surface area contributed by atoms with Gasteiger partial charge >= 0.3 is 0 Å². The van der Waals surface area contributed by atoms with Gasteiger partial charge < -0.3 is 9.84 Å². The number of aryl methyl sites for hydroxylation is 1. The molecule has 0 bridgehead atoms. The highest BCUT2D eigenvalue weighted by Crippen LogP contribution is 2.28. The summed E-state index contributed by atoms with van der Waals surface area (Å²) in [5.74, 6) is 0.828. The molecule has 0 heterocycles. The summed E-state index contributed by atoms with van der Waals surface area (Å²) in [6.45, 7) is 4.85. The lowest BCUT2D eigenvalue weighted by atomic mass is 10.1. The van der Waals surface area contributed by atoms with Gasteiger partial charge in [-0.25, -0.2) is 0 Å². The summed E-state index contributed by atoms with van der Waals surface area (Å²) in [6.07, 6.45) is 2.16. The van der Waals surface area contributed by atoms with Crippen molar-refractivity contribution in [2.45, 2.75) is 33.3 Å². The molecule has 3 heteroatoms. The first-order valence-corrected chi connectivity index (χ1v) is 6.01. The van der Waals surface area contributed by atoms with Crippen LogP contribution < -0.4 is 4.74 Å². The summed E-state index contributed by atoms with van der Waals surface area (Å²) in [4.78, 5) is 0. The van der Waals surface area contributed by atoms with Crippen molar-refractivity contribution in [1.82, 2.24) is 0 Å². The van der Waals surface area contributed by atoms with Gasteiger partial charge in [0.15, 0.2) is 0 Å². The molecule has 0 radical (unpaired) electrons. The van der Waals surface area contributed by atoms with Gasteiger partial charge in [-0.3, -0.25) is 0 Å². The van der Waals surface area contributed by atoms with Gasteiger partial charge in [-0.15, -0.1) is 0 Å². The second-order valence-corrected chi connectivity index (χ2v) is 4.49. The van der Waals surface area contributed by atoms with Crippen LogP contribution in [0.2, 0.25) is 0 Å². The van der Waals surface area contributed by atoms with Gasteiger partial charge in [0, 0.05) is 10.0 Å². The third kappa shape index (κ3) is 3.50. The van der Waals surface area contributed by atoms with Crippen LogP contribution in [0.3, 0.4) is 0 Å². The van der Waals surface area contributed by atoms with Gasteiger partial charge in [0.1, 0.15) is 5.75 Å². The number of benzene rings is 1. The van der Waals surface area contributed by atoms with Gasteiger partial charge in [0.05, 0.1) is 13.2 Å². The van der Waals surface area contributed by atoms with E-state index in [1.807, 2.05) is 19.1 Å². The van der Waals surface area contributed by atoms with Crippen LogP contribution in [0.15, 0.2) is 16.6 Å². The fourth-order valence-corrected chi connectivity index (χ4v) is 2.06. The minimum Gasteiger partial charge on any atom is -0.493 e. The monoisotopic (exact) mass is 272 g/mol. The number of aliphatic hydroxyl groups excluding tert-OH is 1. The van der Waals surface area contributed by atoms with Gasteiger partial charge in [0.25, 0.3) is 0 Å². The van der Waals surface area contributed by atoms with E-state index in [1.165, 1.54) is 0 Å². The molecule has 0 aliphatic rings. The Bertz CT molecular complexity index is 324. The zero-order valence-electron chi connectivity index (χ0n) is 9.22. The molecule has 2 nitrogen and oxygen atoms in total. The predicted octanol–water partition coefficient (Wildman–Crippen LogP) is 3.43. The third-order valence-electron chi connectivity index (χ3n) is 2.23. The molecule has 0 amide bonds. The largest absolute Gasteiger partial charge is 0.493 e. The second-order valence-electron chi connectivity index (χ2n) is 3.57. The van der Waals surface area contributed by atoms with E-state index in [1.54, 1.807) is 0 Å². The lowest BCUT2D eigenvalue weighted by Crippen LogP contribution is -2.02. The van der Waals surface area contributed by atoms with E-state index in [9.17, 15) is 5.11 Å². The average Bonchev–Trinajstić information content (AvgIpc) is 2.20. The molecule has 0 spiro atoms. The van der Waals surface area contributed by atoms with Gasteiger partial charge in [-0.1, -0.05) is 29.3 Å². The van der Waals surface area contributed by atoms with Crippen LogP contribution in [-0.4, -0.2) is 11.7 Å². The number of halogens is 1. The van der Waals surface area contributed by atoms with Crippen molar-refractivity contribution in [2.24, 2.45) is 0 Å². The van der Waals surface area contributed by atoms with Crippen molar-refractivity contribution >= 4 is 15.9 Å². The molecule has 1 aromatic carbocycles. The van der Waals surface area contributed by atoms with Crippen molar-refractivity contribution in [3.63, 3.8) is 0 Å². The first-order chi connectivity index (χ1) is 7.19. The molecule has 0 aliphatic heterocycles. The molecule has 0 saturated carbocycles. The lowest BCUT2D eigenvalue weighted by Gasteiger charge is -2.13. The highest BCUT2D eigenvalue weighted by molar-refractivity contribution is 9.10. The molecule has 84 valence electrons. The maximum absolute atomic E-state index is 9.22. The molecule has 0 aliphatic carbocycles. The number of hydrogen-bond donors (Lipinski definition) is 1. The Balaban J connectivity index is 2.84. The number of ether oxygens (including phenoxy) is 1. The van der Waals surface area contributed by atoms with Gasteiger partial charge in [0.2, 0.25) is 0 Å². The molecule has 1 aromatic rings. The summed E-state index contributed by atoms with van der Waals surface area (Å²) >= 11 is 3.40. The Labute approximate surface area is 99.4 Å². The molecule has 15 heavy (non-hydrogen) atoms. The van der Waals surface area contributed by atoms with Crippen LogP contribution in [0.25, 0.3) is 0 Å². The third-order valence-corrected chi connectivity index (χ3v) is 2.69. The van der Waals surface area contributed by atoms with Crippen LogP contribution in [0.4, 0.5) is 0 Å². The smallest absolute Gasteiger partial charge is 0.127 e. The minimum atomic E-state index is 0.0156. The Morgan fingerprint density at radius 2 is 2.13 bits per heavy atom. The van der Waals surface area contributed by atoms with E-state index in [-0.39, 0.29) is 6.61 Å².